The SMILES string of the molecule is Cc1ccc2c(c1)CCN(C(=N)NCCCNC=N)C2. The highest BCUT2D eigenvalue weighted by Gasteiger charge is 2.17. The van der Waals surface area contributed by atoms with Crippen molar-refractivity contribution in [3.8, 4) is 0 Å². The second kappa shape index (κ2) is 6.93. The number of guanidine groups is 1. The molecule has 0 fully saturated rings. The Balaban J connectivity index is 1.81. The summed E-state index contributed by atoms with van der Waals surface area (Å²) in [5.41, 5.74) is 4.06. The van der Waals surface area contributed by atoms with Crippen LogP contribution < -0.4 is 10.6 Å². The monoisotopic (exact) mass is 273 g/mol. The first-order valence-corrected chi connectivity index (χ1v) is 7.09. The maximum atomic E-state index is 8.10. The molecule has 20 heavy (non-hydrogen) atoms. The van der Waals surface area contributed by atoms with Crippen LogP contribution in [0.4, 0.5) is 0 Å². The minimum absolute atomic E-state index is 0.506. The molecule has 1 aromatic rings. The van der Waals surface area contributed by atoms with Gasteiger partial charge in [0.15, 0.2) is 5.96 Å². The number of hydrogen-bond acceptors (Lipinski definition) is 2. The summed E-state index contributed by atoms with van der Waals surface area (Å²) < 4.78 is 0. The van der Waals surface area contributed by atoms with Crippen LogP contribution in [0.25, 0.3) is 0 Å². The van der Waals surface area contributed by atoms with Gasteiger partial charge in [-0.25, -0.2) is 0 Å². The second-order valence-corrected chi connectivity index (χ2v) is 5.17. The zero-order chi connectivity index (χ0) is 14.4. The van der Waals surface area contributed by atoms with Gasteiger partial charge in [-0.15, -0.1) is 0 Å². The molecule has 1 heterocycles. The smallest absolute Gasteiger partial charge is 0.191 e. The van der Waals surface area contributed by atoms with Gasteiger partial charge in [-0.3, -0.25) is 10.8 Å². The van der Waals surface area contributed by atoms with E-state index in [1.807, 2.05) is 0 Å². The molecule has 1 aliphatic rings. The number of rotatable bonds is 5. The highest BCUT2D eigenvalue weighted by Crippen LogP contribution is 2.19. The first kappa shape index (κ1) is 14.4. The topological polar surface area (TPSA) is 75.0 Å². The van der Waals surface area contributed by atoms with Gasteiger partial charge in [-0.1, -0.05) is 23.8 Å². The Morgan fingerprint density at radius 3 is 3.00 bits per heavy atom. The van der Waals surface area contributed by atoms with Crippen molar-refractivity contribution in [2.24, 2.45) is 0 Å². The average molecular weight is 273 g/mol. The normalized spacial score (nSPS) is 13.6. The van der Waals surface area contributed by atoms with Crippen molar-refractivity contribution in [2.75, 3.05) is 19.6 Å². The molecule has 0 aliphatic carbocycles. The van der Waals surface area contributed by atoms with E-state index in [1.165, 1.54) is 23.0 Å². The van der Waals surface area contributed by atoms with E-state index in [0.717, 1.165) is 39.0 Å². The maximum Gasteiger partial charge on any atom is 0.191 e. The Morgan fingerprint density at radius 2 is 2.20 bits per heavy atom. The first-order valence-electron chi connectivity index (χ1n) is 7.09. The van der Waals surface area contributed by atoms with Crippen LogP contribution in [-0.4, -0.2) is 36.8 Å². The summed E-state index contributed by atoms with van der Waals surface area (Å²) >= 11 is 0. The molecular formula is C15H23N5. The Morgan fingerprint density at radius 1 is 1.35 bits per heavy atom. The highest BCUT2D eigenvalue weighted by molar-refractivity contribution is 5.77. The molecule has 4 N–H and O–H groups in total. The van der Waals surface area contributed by atoms with Gasteiger partial charge in [-0.2, -0.15) is 0 Å². The Bertz CT molecular complexity index is 483. The van der Waals surface area contributed by atoms with Gasteiger partial charge >= 0.3 is 0 Å². The Hall–Kier alpha value is -2.04. The molecule has 1 aromatic carbocycles. The molecule has 108 valence electrons. The molecule has 5 heteroatoms. The van der Waals surface area contributed by atoms with Crippen LogP contribution in [0.2, 0.25) is 0 Å². The van der Waals surface area contributed by atoms with Gasteiger partial charge in [0.1, 0.15) is 0 Å². The van der Waals surface area contributed by atoms with Gasteiger partial charge < -0.3 is 15.5 Å². The Kier molecular flexibility index (Phi) is 4.98. The van der Waals surface area contributed by atoms with Crippen molar-refractivity contribution < 1.29 is 0 Å². The summed E-state index contributed by atoms with van der Waals surface area (Å²) in [6.07, 6.45) is 3.12. The molecule has 0 radical (unpaired) electrons. The van der Waals surface area contributed by atoms with Crippen molar-refractivity contribution in [3.05, 3.63) is 34.9 Å². The molecular weight excluding hydrogens is 250 g/mol. The summed E-state index contributed by atoms with van der Waals surface area (Å²) in [5.74, 6) is 0.506. The fourth-order valence-electron chi connectivity index (χ4n) is 2.45. The molecule has 0 atom stereocenters. The molecule has 0 spiro atoms. The van der Waals surface area contributed by atoms with Crippen LogP contribution in [0.3, 0.4) is 0 Å². The van der Waals surface area contributed by atoms with E-state index in [2.05, 4.69) is 40.7 Å². The van der Waals surface area contributed by atoms with Crippen LogP contribution in [0.5, 0.6) is 0 Å². The zero-order valence-corrected chi connectivity index (χ0v) is 12.0. The zero-order valence-electron chi connectivity index (χ0n) is 12.0. The third-order valence-electron chi connectivity index (χ3n) is 3.58. The summed E-state index contributed by atoms with van der Waals surface area (Å²) in [5, 5.41) is 20.9. The number of benzene rings is 1. The minimum Gasteiger partial charge on any atom is -0.377 e. The minimum atomic E-state index is 0.506. The molecule has 0 unspecified atom stereocenters. The second-order valence-electron chi connectivity index (χ2n) is 5.17. The van der Waals surface area contributed by atoms with E-state index >= 15 is 0 Å². The first-order chi connectivity index (χ1) is 9.70. The number of fused-ring (bicyclic) bond motifs is 1. The number of nitrogens with one attached hydrogen (secondary N) is 4. The lowest BCUT2D eigenvalue weighted by Gasteiger charge is -2.31. The molecule has 0 bridgehead atoms. The lowest BCUT2D eigenvalue weighted by Crippen LogP contribution is -2.43. The molecule has 2 rings (SSSR count). The van der Waals surface area contributed by atoms with Crippen LogP contribution in [0.15, 0.2) is 18.2 Å². The van der Waals surface area contributed by atoms with Gasteiger partial charge in [0, 0.05) is 26.2 Å². The molecule has 1 aliphatic heterocycles. The van der Waals surface area contributed by atoms with Crippen LogP contribution in [0.1, 0.15) is 23.1 Å². The van der Waals surface area contributed by atoms with Crippen LogP contribution in [0, 0.1) is 17.7 Å². The maximum absolute atomic E-state index is 8.10. The summed E-state index contributed by atoms with van der Waals surface area (Å²) in [7, 11) is 0. The third kappa shape index (κ3) is 3.73. The fraction of sp³-hybridized carbons (Fsp3) is 0.467. The van der Waals surface area contributed by atoms with E-state index in [1.54, 1.807) is 0 Å². The van der Waals surface area contributed by atoms with Crippen molar-refractivity contribution >= 4 is 12.3 Å². The number of aryl methyl sites for hydroxylation is 1. The van der Waals surface area contributed by atoms with Crippen LogP contribution in [-0.2, 0) is 13.0 Å². The van der Waals surface area contributed by atoms with E-state index in [4.69, 9.17) is 10.8 Å². The summed E-state index contributed by atoms with van der Waals surface area (Å²) in [6.45, 7) is 5.38. The molecule has 5 nitrogen and oxygen atoms in total. The van der Waals surface area contributed by atoms with Gasteiger partial charge in [0.25, 0.3) is 0 Å². The predicted molar refractivity (Wildman–Crippen MR) is 82.4 cm³/mol. The fourth-order valence-corrected chi connectivity index (χ4v) is 2.45. The quantitative estimate of drug-likeness (QED) is 0.373. The largest absolute Gasteiger partial charge is 0.377 e. The molecule has 0 saturated carbocycles. The van der Waals surface area contributed by atoms with E-state index < -0.39 is 0 Å². The lowest BCUT2D eigenvalue weighted by molar-refractivity contribution is 0.376. The summed E-state index contributed by atoms with van der Waals surface area (Å²) in [6, 6.07) is 6.58. The van der Waals surface area contributed by atoms with Crippen molar-refractivity contribution in [2.45, 2.75) is 26.3 Å². The average Bonchev–Trinajstić information content (AvgIpc) is 2.46. The Labute approximate surface area is 120 Å². The van der Waals surface area contributed by atoms with Gasteiger partial charge in [0.2, 0.25) is 0 Å². The van der Waals surface area contributed by atoms with E-state index in [0.29, 0.717) is 5.96 Å². The molecule has 0 aromatic heterocycles. The van der Waals surface area contributed by atoms with E-state index in [9.17, 15) is 0 Å². The van der Waals surface area contributed by atoms with Crippen molar-refractivity contribution in [1.29, 1.82) is 10.8 Å². The lowest BCUT2D eigenvalue weighted by atomic mass is 9.98. The van der Waals surface area contributed by atoms with Crippen molar-refractivity contribution in [1.82, 2.24) is 15.5 Å². The molecule has 0 amide bonds. The summed E-state index contributed by atoms with van der Waals surface area (Å²) in [4.78, 5) is 2.09. The molecule has 0 saturated heterocycles. The predicted octanol–water partition coefficient (Wildman–Crippen LogP) is 1.46. The number of hydrogen-bond donors (Lipinski definition) is 4. The van der Waals surface area contributed by atoms with Crippen LogP contribution >= 0.6 is 0 Å². The van der Waals surface area contributed by atoms with E-state index in [-0.39, 0.29) is 0 Å². The van der Waals surface area contributed by atoms with Gasteiger partial charge in [-0.05, 0) is 30.9 Å². The van der Waals surface area contributed by atoms with Crippen molar-refractivity contribution in [3.63, 3.8) is 0 Å². The third-order valence-corrected chi connectivity index (χ3v) is 3.58. The standard InChI is InChI=1S/C15H23N5/c1-12-3-4-14-10-20(8-5-13(14)9-12)15(17)19-7-2-6-18-11-16/h3-4,9,11H,2,5-8,10H2,1H3,(H2,16,18)(H2,17,19). The number of nitrogens with zero attached hydrogens (tertiary/aromatic N) is 1. The van der Waals surface area contributed by atoms with Gasteiger partial charge in [0.05, 0.1) is 6.34 Å². The highest BCUT2D eigenvalue weighted by atomic mass is 15.3.